The van der Waals surface area contributed by atoms with Crippen molar-refractivity contribution in [3.05, 3.63) is 60.3 Å². The molecule has 0 fully saturated rings. The first-order valence-electron chi connectivity index (χ1n) is 11.3. The van der Waals surface area contributed by atoms with E-state index in [9.17, 15) is 4.79 Å². The van der Waals surface area contributed by atoms with Crippen molar-refractivity contribution in [2.45, 2.75) is 13.5 Å². The van der Waals surface area contributed by atoms with Gasteiger partial charge in [0.25, 0.3) is 5.91 Å². The topological polar surface area (TPSA) is 165 Å². The molecule has 184 valence electrons. The number of benzene rings is 2. The van der Waals surface area contributed by atoms with Crippen molar-refractivity contribution in [3.8, 4) is 23.1 Å². The van der Waals surface area contributed by atoms with Gasteiger partial charge in [0, 0.05) is 37.0 Å². The van der Waals surface area contributed by atoms with Gasteiger partial charge in [-0.2, -0.15) is 0 Å². The first-order valence-corrected chi connectivity index (χ1v) is 11.3. The van der Waals surface area contributed by atoms with Gasteiger partial charge in [-0.05, 0) is 47.6 Å². The maximum Gasteiger partial charge on any atom is 0.255 e. The number of imidazole rings is 1. The Kier molecular flexibility index (Phi) is 5.22. The highest BCUT2D eigenvalue weighted by molar-refractivity contribution is 6.06. The third-order valence-electron chi connectivity index (χ3n) is 5.84. The lowest BCUT2D eigenvalue weighted by atomic mass is 10.2. The Labute approximate surface area is 208 Å². The number of amides is 1. The van der Waals surface area contributed by atoms with E-state index in [0.717, 1.165) is 11.0 Å². The van der Waals surface area contributed by atoms with Crippen molar-refractivity contribution in [2.75, 3.05) is 11.1 Å². The molecule has 0 spiro atoms. The Balaban J connectivity index is 1.24. The predicted molar refractivity (Wildman–Crippen MR) is 134 cm³/mol. The number of ether oxygens (including phenoxy) is 1. The molecule has 0 atom stereocenters. The van der Waals surface area contributed by atoms with Crippen molar-refractivity contribution in [1.82, 2.24) is 39.8 Å². The number of nitrogen functional groups attached to an aromatic ring is 1. The van der Waals surface area contributed by atoms with Gasteiger partial charge in [0.15, 0.2) is 17.3 Å². The van der Waals surface area contributed by atoms with E-state index in [1.54, 1.807) is 60.4 Å². The van der Waals surface area contributed by atoms with E-state index in [-0.39, 0.29) is 11.7 Å². The highest BCUT2D eigenvalue weighted by Gasteiger charge is 2.19. The van der Waals surface area contributed by atoms with E-state index in [4.69, 9.17) is 15.1 Å². The summed E-state index contributed by atoms with van der Waals surface area (Å²) in [4.78, 5) is 21.8. The van der Waals surface area contributed by atoms with E-state index < -0.39 is 0 Å². The predicted octanol–water partition coefficient (Wildman–Crippen LogP) is 3.41. The number of rotatable bonds is 6. The first kappa shape index (κ1) is 22.2. The minimum atomic E-state index is -0.273. The zero-order chi connectivity index (χ0) is 25.5. The lowest BCUT2D eigenvalue weighted by Gasteiger charge is -2.09. The lowest BCUT2D eigenvalue weighted by Crippen LogP contribution is -2.11. The smallest absolute Gasteiger partial charge is 0.255 e. The zero-order valence-electron chi connectivity index (χ0n) is 19.8. The van der Waals surface area contributed by atoms with Gasteiger partial charge in [-0.25, -0.2) is 19.3 Å². The molecule has 6 aromatic rings. The second kappa shape index (κ2) is 8.71. The highest BCUT2D eigenvalue weighted by atomic mass is 16.6. The number of aromatic nitrogens is 8. The maximum absolute atomic E-state index is 12.8. The number of pyridine rings is 1. The number of hydrogen-bond donors (Lipinski definition) is 2. The molecule has 0 aliphatic rings. The molecular formula is C24H20N10O3. The van der Waals surface area contributed by atoms with E-state index in [2.05, 4.69) is 35.9 Å². The second-order valence-corrected chi connectivity index (χ2v) is 8.19. The molecule has 0 aliphatic carbocycles. The fourth-order valence-electron chi connectivity index (χ4n) is 4.06. The van der Waals surface area contributed by atoms with Gasteiger partial charge in [0.2, 0.25) is 5.88 Å². The average molecular weight is 496 g/mol. The van der Waals surface area contributed by atoms with Crippen molar-refractivity contribution in [2.24, 2.45) is 7.05 Å². The van der Waals surface area contributed by atoms with Crippen LogP contribution < -0.4 is 15.8 Å². The largest absolute Gasteiger partial charge is 0.439 e. The Bertz CT molecular complexity index is 1780. The van der Waals surface area contributed by atoms with Gasteiger partial charge < -0.3 is 20.4 Å². The Hall–Kier alpha value is -5.33. The van der Waals surface area contributed by atoms with Gasteiger partial charge in [-0.3, -0.25) is 4.79 Å². The Morgan fingerprint density at radius 2 is 2.00 bits per heavy atom. The third kappa shape index (κ3) is 3.97. The van der Waals surface area contributed by atoms with Crippen LogP contribution in [0.3, 0.4) is 0 Å². The van der Waals surface area contributed by atoms with Crippen LogP contribution in [-0.2, 0) is 13.6 Å². The average Bonchev–Trinajstić information content (AvgIpc) is 3.60. The lowest BCUT2D eigenvalue weighted by molar-refractivity contribution is 0.102. The summed E-state index contributed by atoms with van der Waals surface area (Å²) in [6.45, 7) is 2.58. The number of carbonyl (C=O) groups excluding carboxylic acids is 1. The van der Waals surface area contributed by atoms with Crippen LogP contribution in [0.4, 0.5) is 11.5 Å². The number of hydrogen-bond acceptors (Lipinski definition) is 10. The second-order valence-electron chi connectivity index (χ2n) is 8.19. The van der Waals surface area contributed by atoms with Crippen LogP contribution in [-0.4, -0.2) is 45.7 Å². The van der Waals surface area contributed by atoms with Gasteiger partial charge >= 0.3 is 0 Å². The van der Waals surface area contributed by atoms with E-state index in [0.29, 0.717) is 52.0 Å². The SMILES string of the molecule is CCn1c(-c2nonc2N)nc2cnc(Oc3cccc(NC(=O)c4ccc5c(c4)nnn5C)c3)cc21. The van der Waals surface area contributed by atoms with Crippen molar-refractivity contribution >= 4 is 39.5 Å². The summed E-state index contributed by atoms with van der Waals surface area (Å²) in [7, 11) is 1.80. The molecule has 3 N–H and O–H groups in total. The molecule has 13 heteroatoms. The van der Waals surface area contributed by atoms with Crippen LogP contribution >= 0.6 is 0 Å². The maximum atomic E-state index is 12.8. The molecule has 0 radical (unpaired) electrons. The molecule has 0 aliphatic heterocycles. The van der Waals surface area contributed by atoms with Gasteiger partial charge in [-0.1, -0.05) is 11.3 Å². The molecule has 1 amide bonds. The van der Waals surface area contributed by atoms with Gasteiger partial charge in [0.1, 0.15) is 16.8 Å². The molecular weight excluding hydrogens is 476 g/mol. The van der Waals surface area contributed by atoms with Crippen molar-refractivity contribution in [3.63, 3.8) is 0 Å². The third-order valence-corrected chi connectivity index (χ3v) is 5.84. The fourth-order valence-corrected chi connectivity index (χ4v) is 4.06. The molecule has 6 rings (SSSR count). The molecule has 2 aromatic carbocycles. The summed E-state index contributed by atoms with van der Waals surface area (Å²) >= 11 is 0. The van der Waals surface area contributed by atoms with Crippen LogP contribution in [0.2, 0.25) is 0 Å². The molecule has 0 unspecified atom stereocenters. The standard InChI is InChI=1S/C24H20N10O3/c1-3-34-19-11-20(26-12-17(19)28-23(34)21-22(25)31-37-30-21)36-15-6-4-5-14(10-15)27-24(35)13-7-8-18-16(9-13)29-32-33(18)2/h4-12H,3H2,1-2H3,(H2,25,31)(H,27,35). The summed E-state index contributed by atoms with van der Waals surface area (Å²) in [5, 5.41) is 18.4. The number of anilines is 2. The van der Waals surface area contributed by atoms with Gasteiger partial charge in [0.05, 0.1) is 17.2 Å². The highest BCUT2D eigenvalue weighted by Crippen LogP contribution is 2.30. The van der Waals surface area contributed by atoms with Crippen LogP contribution in [0.1, 0.15) is 17.3 Å². The number of nitrogens with one attached hydrogen (secondary N) is 1. The van der Waals surface area contributed by atoms with Crippen molar-refractivity contribution < 1.29 is 14.2 Å². The van der Waals surface area contributed by atoms with Crippen molar-refractivity contribution in [1.29, 1.82) is 0 Å². The van der Waals surface area contributed by atoms with Crippen LogP contribution in [0.25, 0.3) is 33.6 Å². The quantitative estimate of drug-likeness (QED) is 0.349. The molecule has 0 saturated carbocycles. The first-order chi connectivity index (χ1) is 18.0. The van der Waals surface area contributed by atoms with Crippen LogP contribution in [0.5, 0.6) is 11.6 Å². The van der Waals surface area contributed by atoms with Crippen LogP contribution in [0, 0.1) is 0 Å². The van der Waals surface area contributed by atoms with Gasteiger partial charge in [-0.15, -0.1) is 5.10 Å². The van der Waals surface area contributed by atoms with E-state index in [1.807, 2.05) is 17.6 Å². The number of fused-ring (bicyclic) bond motifs is 2. The molecule has 13 nitrogen and oxygen atoms in total. The normalized spacial score (nSPS) is 11.3. The minimum Gasteiger partial charge on any atom is -0.439 e. The zero-order valence-corrected chi connectivity index (χ0v) is 19.8. The number of aryl methyl sites for hydroxylation is 2. The summed E-state index contributed by atoms with van der Waals surface area (Å²) < 4.78 is 14.3. The molecule has 0 bridgehead atoms. The van der Waals surface area contributed by atoms with E-state index >= 15 is 0 Å². The molecule has 4 aromatic heterocycles. The van der Waals surface area contributed by atoms with E-state index in [1.165, 1.54) is 0 Å². The molecule has 0 saturated heterocycles. The summed E-state index contributed by atoms with van der Waals surface area (Å²) in [6.07, 6.45) is 1.61. The number of nitrogens with zero attached hydrogens (tertiary/aromatic N) is 8. The monoisotopic (exact) mass is 496 g/mol. The number of nitrogens with two attached hydrogens (primary N) is 1. The Morgan fingerprint density at radius 1 is 1.11 bits per heavy atom. The summed E-state index contributed by atoms with van der Waals surface area (Å²) in [5.74, 6) is 1.27. The van der Waals surface area contributed by atoms with Crippen LogP contribution in [0.15, 0.2) is 59.4 Å². The Morgan fingerprint density at radius 3 is 2.81 bits per heavy atom. The molecule has 37 heavy (non-hydrogen) atoms. The number of carbonyl (C=O) groups is 1. The fraction of sp³-hybridized carbons (Fsp3) is 0.125. The minimum absolute atomic E-state index is 0.157. The molecule has 4 heterocycles. The summed E-state index contributed by atoms with van der Waals surface area (Å²) in [5.41, 5.74) is 10.2. The summed E-state index contributed by atoms with van der Waals surface area (Å²) in [6, 6.07) is 14.1.